The fourth-order valence-corrected chi connectivity index (χ4v) is 1.35. The van der Waals surface area contributed by atoms with Gasteiger partial charge >= 0.3 is 0 Å². The Labute approximate surface area is 93.9 Å². The topological polar surface area (TPSA) is 35.8 Å². The lowest BCUT2D eigenvalue weighted by molar-refractivity contribution is 0.504. The molecule has 0 radical (unpaired) electrons. The first-order chi connectivity index (χ1) is 7.69. The van der Waals surface area contributed by atoms with Crippen molar-refractivity contribution in [2.45, 2.75) is 25.8 Å². The van der Waals surface area contributed by atoms with E-state index in [4.69, 9.17) is 5.26 Å². The van der Waals surface area contributed by atoms with Gasteiger partial charge in [-0.2, -0.15) is 5.26 Å². The first-order valence-corrected chi connectivity index (χ1v) is 5.27. The van der Waals surface area contributed by atoms with Gasteiger partial charge in [0.25, 0.3) is 0 Å². The van der Waals surface area contributed by atoms with Crippen molar-refractivity contribution in [3.05, 3.63) is 35.4 Å². The van der Waals surface area contributed by atoms with Crippen LogP contribution in [0.1, 0.15) is 31.4 Å². The summed E-state index contributed by atoms with van der Waals surface area (Å²) >= 11 is 0. The van der Waals surface area contributed by atoms with Gasteiger partial charge in [0, 0.05) is 0 Å². The van der Waals surface area contributed by atoms with E-state index >= 15 is 0 Å². The Morgan fingerprint density at radius 2 is 2.12 bits per heavy atom. The predicted octanol–water partition coefficient (Wildman–Crippen LogP) is 2.92. The second-order valence-electron chi connectivity index (χ2n) is 3.54. The molecule has 1 atom stereocenters. The molecule has 0 saturated heterocycles. The third kappa shape index (κ3) is 3.28. The molecular weight excluding hydrogens is 210 g/mol. The number of nitriles is 1. The summed E-state index contributed by atoms with van der Waals surface area (Å²) in [5.41, 5.74) is 0.456. The molecule has 16 heavy (non-hydrogen) atoms. The van der Waals surface area contributed by atoms with Crippen LogP contribution in [0.25, 0.3) is 0 Å². The van der Waals surface area contributed by atoms with E-state index < -0.39 is 17.7 Å². The molecule has 0 aromatic heterocycles. The van der Waals surface area contributed by atoms with Crippen molar-refractivity contribution in [1.82, 2.24) is 5.32 Å². The smallest absolute Gasteiger partial charge is 0.159 e. The van der Waals surface area contributed by atoms with Gasteiger partial charge in [-0.25, -0.2) is 8.78 Å². The molecule has 0 aliphatic heterocycles. The molecule has 0 bridgehead atoms. The standard InChI is InChI=1S/C12H14F2N2/c1-2-3-6-16-12(8-15)9-4-5-10(13)11(14)7-9/h4-5,7,12,16H,2-3,6H2,1H3. The Balaban J connectivity index is 2.72. The number of unbranched alkanes of at least 4 members (excludes halogenated alkanes) is 1. The molecule has 1 N–H and O–H groups in total. The second kappa shape index (κ2) is 6.19. The fraction of sp³-hybridized carbons (Fsp3) is 0.417. The highest BCUT2D eigenvalue weighted by Gasteiger charge is 2.11. The van der Waals surface area contributed by atoms with Gasteiger partial charge < -0.3 is 0 Å². The summed E-state index contributed by atoms with van der Waals surface area (Å²) in [6.07, 6.45) is 1.96. The monoisotopic (exact) mass is 224 g/mol. The number of hydrogen-bond donors (Lipinski definition) is 1. The zero-order valence-electron chi connectivity index (χ0n) is 9.13. The number of nitrogens with zero attached hydrogens (tertiary/aromatic N) is 1. The maximum atomic E-state index is 13.0. The quantitative estimate of drug-likeness (QED) is 0.780. The molecule has 1 aromatic carbocycles. The third-order valence-corrected chi connectivity index (χ3v) is 2.28. The molecular formula is C12H14F2N2. The van der Waals surface area contributed by atoms with E-state index in [0.717, 1.165) is 25.0 Å². The van der Waals surface area contributed by atoms with Crippen molar-refractivity contribution in [1.29, 1.82) is 5.26 Å². The second-order valence-corrected chi connectivity index (χ2v) is 3.54. The van der Waals surface area contributed by atoms with E-state index in [2.05, 4.69) is 5.32 Å². The number of benzene rings is 1. The highest BCUT2D eigenvalue weighted by atomic mass is 19.2. The fourth-order valence-electron chi connectivity index (χ4n) is 1.35. The molecule has 2 nitrogen and oxygen atoms in total. The molecule has 0 aliphatic carbocycles. The Morgan fingerprint density at radius 1 is 1.38 bits per heavy atom. The first-order valence-electron chi connectivity index (χ1n) is 5.27. The largest absolute Gasteiger partial charge is 0.298 e. The van der Waals surface area contributed by atoms with Crippen molar-refractivity contribution in [2.75, 3.05) is 6.54 Å². The normalized spacial score (nSPS) is 12.1. The summed E-state index contributed by atoms with van der Waals surface area (Å²) < 4.78 is 25.6. The molecule has 1 unspecified atom stereocenters. The summed E-state index contributed by atoms with van der Waals surface area (Å²) in [6.45, 7) is 2.73. The molecule has 1 aromatic rings. The van der Waals surface area contributed by atoms with Crippen molar-refractivity contribution in [3.63, 3.8) is 0 Å². The van der Waals surface area contributed by atoms with E-state index in [1.807, 2.05) is 13.0 Å². The van der Waals surface area contributed by atoms with Gasteiger partial charge in [0.05, 0.1) is 6.07 Å². The van der Waals surface area contributed by atoms with Gasteiger partial charge in [0.1, 0.15) is 6.04 Å². The van der Waals surface area contributed by atoms with Gasteiger partial charge in [0.2, 0.25) is 0 Å². The highest BCUT2D eigenvalue weighted by molar-refractivity contribution is 5.25. The van der Waals surface area contributed by atoms with Gasteiger partial charge in [-0.15, -0.1) is 0 Å². The Kier molecular flexibility index (Phi) is 4.87. The number of halogens is 2. The minimum atomic E-state index is -0.921. The predicted molar refractivity (Wildman–Crippen MR) is 57.6 cm³/mol. The molecule has 86 valence electrons. The van der Waals surface area contributed by atoms with Crippen LogP contribution >= 0.6 is 0 Å². The van der Waals surface area contributed by atoms with Crippen LogP contribution in [0.4, 0.5) is 8.78 Å². The van der Waals surface area contributed by atoms with E-state index in [9.17, 15) is 8.78 Å². The lowest BCUT2D eigenvalue weighted by atomic mass is 10.1. The van der Waals surface area contributed by atoms with Crippen LogP contribution in [0.3, 0.4) is 0 Å². The highest BCUT2D eigenvalue weighted by Crippen LogP contribution is 2.15. The van der Waals surface area contributed by atoms with Gasteiger partial charge in [-0.3, -0.25) is 5.32 Å². The van der Waals surface area contributed by atoms with Crippen molar-refractivity contribution in [3.8, 4) is 6.07 Å². The lowest BCUT2D eigenvalue weighted by Crippen LogP contribution is -2.21. The van der Waals surface area contributed by atoms with Gasteiger partial charge in [0.15, 0.2) is 11.6 Å². The number of rotatable bonds is 5. The average Bonchev–Trinajstić information content (AvgIpc) is 2.29. The van der Waals surface area contributed by atoms with Gasteiger partial charge in [-0.1, -0.05) is 19.4 Å². The molecule has 0 amide bonds. The summed E-state index contributed by atoms with van der Waals surface area (Å²) in [5, 5.41) is 11.9. The minimum absolute atomic E-state index is 0.456. The molecule has 0 fully saturated rings. The Bertz CT molecular complexity index is 385. The van der Waals surface area contributed by atoms with Crippen molar-refractivity contribution < 1.29 is 8.78 Å². The average molecular weight is 224 g/mol. The summed E-state index contributed by atoms with van der Waals surface area (Å²) in [7, 11) is 0. The zero-order valence-corrected chi connectivity index (χ0v) is 9.13. The molecule has 0 heterocycles. The van der Waals surface area contributed by atoms with Crippen LogP contribution in [0, 0.1) is 23.0 Å². The summed E-state index contributed by atoms with van der Waals surface area (Å²) in [6, 6.07) is 4.96. The zero-order chi connectivity index (χ0) is 12.0. The molecule has 0 aliphatic rings. The summed E-state index contributed by atoms with van der Waals surface area (Å²) in [4.78, 5) is 0. The number of hydrogen-bond acceptors (Lipinski definition) is 2. The Morgan fingerprint density at radius 3 is 2.69 bits per heavy atom. The van der Waals surface area contributed by atoms with Crippen molar-refractivity contribution >= 4 is 0 Å². The SMILES string of the molecule is CCCCNC(C#N)c1ccc(F)c(F)c1. The van der Waals surface area contributed by atoms with Crippen LogP contribution in [0.5, 0.6) is 0 Å². The van der Waals surface area contributed by atoms with E-state index in [-0.39, 0.29) is 0 Å². The van der Waals surface area contributed by atoms with Crippen LogP contribution in [0.15, 0.2) is 18.2 Å². The molecule has 1 rings (SSSR count). The van der Waals surface area contributed by atoms with E-state index in [0.29, 0.717) is 12.1 Å². The molecule has 0 saturated carbocycles. The van der Waals surface area contributed by atoms with Crippen LogP contribution in [-0.2, 0) is 0 Å². The van der Waals surface area contributed by atoms with Crippen LogP contribution in [-0.4, -0.2) is 6.54 Å². The summed E-state index contributed by atoms with van der Waals surface area (Å²) in [5.74, 6) is -1.82. The molecule has 0 spiro atoms. The van der Waals surface area contributed by atoms with E-state index in [1.165, 1.54) is 6.07 Å². The van der Waals surface area contributed by atoms with Crippen molar-refractivity contribution in [2.24, 2.45) is 0 Å². The Hall–Kier alpha value is -1.47. The molecule has 4 heteroatoms. The van der Waals surface area contributed by atoms with Crippen LogP contribution in [0.2, 0.25) is 0 Å². The van der Waals surface area contributed by atoms with Gasteiger partial charge in [-0.05, 0) is 30.7 Å². The minimum Gasteiger partial charge on any atom is -0.298 e. The maximum Gasteiger partial charge on any atom is 0.159 e. The van der Waals surface area contributed by atoms with E-state index in [1.54, 1.807) is 0 Å². The van der Waals surface area contributed by atoms with Crippen LogP contribution < -0.4 is 5.32 Å². The maximum absolute atomic E-state index is 13.0. The first kappa shape index (κ1) is 12.6. The number of nitrogens with one attached hydrogen (secondary N) is 1. The third-order valence-electron chi connectivity index (χ3n) is 2.28. The lowest BCUT2D eigenvalue weighted by Gasteiger charge is -2.11.